The van der Waals surface area contributed by atoms with Gasteiger partial charge in [-0.25, -0.2) is 0 Å². The molecule has 0 aromatic carbocycles. The molecule has 2 N–H and O–H groups in total. The summed E-state index contributed by atoms with van der Waals surface area (Å²) in [5.41, 5.74) is 0. The predicted octanol–water partition coefficient (Wildman–Crippen LogP) is 0.922. The lowest BCUT2D eigenvalue weighted by atomic mass is 10.2. The highest BCUT2D eigenvalue weighted by Crippen LogP contribution is 2.26. The average Bonchev–Trinajstić information content (AvgIpc) is 3.24. The van der Waals surface area contributed by atoms with Crippen LogP contribution in [0.25, 0.3) is 0 Å². The number of rotatable bonds is 7. The summed E-state index contributed by atoms with van der Waals surface area (Å²) >= 11 is 1.82. The summed E-state index contributed by atoms with van der Waals surface area (Å²) in [5, 5.41) is 9.15. The van der Waals surface area contributed by atoms with Crippen LogP contribution in [0.4, 0.5) is 0 Å². The van der Waals surface area contributed by atoms with Crippen molar-refractivity contribution in [3.05, 3.63) is 22.4 Å². The summed E-state index contributed by atoms with van der Waals surface area (Å²) in [7, 11) is 4.42. The summed E-state index contributed by atoms with van der Waals surface area (Å²) in [6, 6.07) is 5.20. The van der Waals surface area contributed by atoms with Gasteiger partial charge in [-0.1, -0.05) is 6.07 Å². The molecular formula is C20H36N6OS. The SMILES string of the molecule is CCNC(=NCC(c1cccs1)N1CCOCC1)NCC1CN(C)CCN1C. The van der Waals surface area contributed by atoms with Crippen molar-refractivity contribution in [2.45, 2.75) is 19.0 Å². The zero-order valence-electron chi connectivity index (χ0n) is 17.6. The number of guanidine groups is 1. The molecule has 3 rings (SSSR count). The van der Waals surface area contributed by atoms with Gasteiger partial charge >= 0.3 is 0 Å². The minimum absolute atomic E-state index is 0.322. The molecule has 0 spiro atoms. The quantitative estimate of drug-likeness (QED) is 0.517. The first kappa shape index (κ1) is 21.5. The maximum Gasteiger partial charge on any atom is 0.191 e. The Hall–Kier alpha value is -1.19. The Bertz CT molecular complexity index is 590. The summed E-state index contributed by atoms with van der Waals surface area (Å²) in [6.07, 6.45) is 0. The zero-order chi connectivity index (χ0) is 19.8. The predicted molar refractivity (Wildman–Crippen MR) is 117 cm³/mol. The van der Waals surface area contributed by atoms with Gasteiger partial charge in [-0.2, -0.15) is 0 Å². The largest absolute Gasteiger partial charge is 0.379 e. The third kappa shape index (κ3) is 6.15. The molecule has 1 aromatic heterocycles. The van der Waals surface area contributed by atoms with Gasteiger partial charge in [0.05, 0.1) is 25.8 Å². The van der Waals surface area contributed by atoms with E-state index in [2.05, 4.69) is 63.9 Å². The molecule has 0 aliphatic carbocycles. The molecule has 7 nitrogen and oxygen atoms in total. The van der Waals surface area contributed by atoms with Crippen LogP contribution in [0.2, 0.25) is 0 Å². The van der Waals surface area contributed by atoms with Crippen molar-refractivity contribution in [3.63, 3.8) is 0 Å². The molecule has 0 radical (unpaired) electrons. The molecule has 8 heteroatoms. The minimum Gasteiger partial charge on any atom is -0.379 e. The third-order valence-electron chi connectivity index (χ3n) is 5.61. The number of nitrogens with zero attached hydrogens (tertiary/aromatic N) is 4. The molecule has 3 heterocycles. The second-order valence-electron chi connectivity index (χ2n) is 7.68. The van der Waals surface area contributed by atoms with Crippen molar-refractivity contribution in [2.75, 3.05) is 79.7 Å². The van der Waals surface area contributed by atoms with E-state index < -0.39 is 0 Å². The van der Waals surface area contributed by atoms with Crippen LogP contribution in [-0.2, 0) is 4.74 Å². The highest BCUT2D eigenvalue weighted by Gasteiger charge is 2.24. The highest BCUT2D eigenvalue weighted by molar-refractivity contribution is 7.10. The number of likely N-dealkylation sites (N-methyl/N-ethyl adjacent to an activating group) is 2. The second kappa shape index (κ2) is 11.1. The average molecular weight is 409 g/mol. The molecule has 158 valence electrons. The highest BCUT2D eigenvalue weighted by atomic mass is 32.1. The van der Waals surface area contributed by atoms with E-state index in [1.807, 2.05) is 11.3 Å². The number of hydrogen-bond donors (Lipinski definition) is 2. The van der Waals surface area contributed by atoms with Gasteiger partial charge in [0.25, 0.3) is 0 Å². The van der Waals surface area contributed by atoms with Crippen LogP contribution in [0.5, 0.6) is 0 Å². The molecule has 28 heavy (non-hydrogen) atoms. The Kier molecular flexibility index (Phi) is 8.54. The first-order valence-electron chi connectivity index (χ1n) is 10.4. The summed E-state index contributed by atoms with van der Waals surface area (Å²) in [4.78, 5) is 13.7. The van der Waals surface area contributed by atoms with Crippen molar-refractivity contribution in [3.8, 4) is 0 Å². The van der Waals surface area contributed by atoms with Crippen LogP contribution in [0, 0.1) is 0 Å². The van der Waals surface area contributed by atoms with E-state index in [0.717, 1.165) is 71.5 Å². The summed E-state index contributed by atoms with van der Waals surface area (Å²) < 4.78 is 5.55. The Balaban J connectivity index is 1.62. The van der Waals surface area contributed by atoms with Crippen molar-refractivity contribution in [1.82, 2.24) is 25.3 Å². The molecule has 2 aliphatic heterocycles. The fraction of sp³-hybridized carbons (Fsp3) is 0.750. The fourth-order valence-electron chi connectivity index (χ4n) is 3.81. The molecule has 0 amide bonds. The Morgan fingerprint density at radius 1 is 1.25 bits per heavy atom. The fourth-order valence-corrected chi connectivity index (χ4v) is 4.66. The van der Waals surface area contributed by atoms with E-state index in [0.29, 0.717) is 12.1 Å². The van der Waals surface area contributed by atoms with Gasteiger partial charge in [0, 0.05) is 56.7 Å². The smallest absolute Gasteiger partial charge is 0.191 e. The van der Waals surface area contributed by atoms with Gasteiger partial charge in [-0.15, -0.1) is 11.3 Å². The van der Waals surface area contributed by atoms with Crippen LogP contribution in [0.15, 0.2) is 22.5 Å². The van der Waals surface area contributed by atoms with Crippen molar-refractivity contribution in [2.24, 2.45) is 4.99 Å². The van der Waals surface area contributed by atoms with E-state index in [4.69, 9.17) is 9.73 Å². The van der Waals surface area contributed by atoms with Crippen LogP contribution in [0.1, 0.15) is 17.8 Å². The molecule has 2 aliphatic rings. The van der Waals surface area contributed by atoms with E-state index >= 15 is 0 Å². The van der Waals surface area contributed by atoms with Crippen LogP contribution in [0.3, 0.4) is 0 Å². The molecule has 0 saturated carbocycles. The lowest BCUT2D eigenvalue weighted by Gasteiger charge is -2.38. The van der Waals surface area contributed by atoms with Crippen LogP contribution < -0.4 is 10.6 Å². The maximum atomic E-state index is 5.55. The molecule has 2 saturated heterocycles. The van der Waals surface area contributed by atoms with Gasteiger partial charge in [0.1, 0.15) is 0 Å². The number of thiophene rings is 1. The normalized spacial score (nSPS) is 24.2. The maximum absolute atomic E-state index is 5.55. The number of aliphatic imine (C=N–C) groups is 1. The van der Waals surface area contributed by atoms with Gasteiger partial charge in [0.15, 0.2) is 5.96 Å². The van der Waals surface area contributed by atoms with Crippen molar-refractivity contribution < 1.29 is 4.74 Å². The van der Waals surface area contributed by atoms with E-state index in [1.165, 1.54) is 4.88 Å². The summed E-state index contributed by atoms with van der Waals surface area (Å²) in [5.74, 6) is 0.916. The van der Waals surface area contributed by atoms with Crippen molar-refractivity contribution >= 4 is 17.3 Å². The van der Waals surface area contributed by atoms with Gasteiger partial charge < -0.3 is 20.3 Å². The van der Waals surface area contributed by atoms with Crippen LogP contribution >= 0.6 is 11.3 Å². The zero-order valence-corrected chi connectivity index (χ0v) is 18.4. The standard InChI is InChI=1S/C20H36N6OS/c1-4-21-20(22-14-17-16-24(2)7-8-25(17)3)23-15-18(19-6-5-13-28-19)26-9-11-27-12-10-26/h5-6,13,17-18H,4,7-12,14-16H2,1-3H3,(H2,21,22,23). The molecule has 1 aromatic rings. The molecule has 2 unspecified atom stereocenters. The number of ether oxygens (including phenoxy) is 1. The van der Waals surface area contributed by atoms with E-state index in [9.17, 15) is 0 Å². The van der Waals surface area contributed by atoms with Crippen LogP contribution in [-0.4, -0.2) is 106 Å². The van der Waals surface area contributed by atoms with E-state index in [1.54, 1.807) is 0 Å². The molecular weight excluding hydrogens is 372 g/mol. The lowest BCUT2D eigenvalue weighted by Crippen LogP contribution is -2.55. The number of morpholine rings is 1. The van der Waals surface area contributed by atoms with Crippen molar-refractivity contribution in [1.29, 1.82) is 0 Å². The topological polar surface area (TPSA) is 55.4 Å². The second-order valence-corrected chi connectivity index (χ2v) is 8.66. The molecule has 0 bridgehead atoms. The first-order chi connectivity index (χ1) is 13.7. The number of nitrogens with one attached hydrogen (secondary N) is 2. The van der Waals surface area contributed by atoms with E-state index in [-0.39, 0.29) is 0 Å². The Morgan fingerprint density at radius 3 is 2.79 bits per heavy atom. The Labute approximate surface area is 173 Å². The van der Waals surface area contributed by atoms with Gasteiger partial charge in [-0.3, -0.25) is 14.8 Å². The molecule has 2 atom stereocenters. The first-order valence-corrected chi connectivity index (χ1v) is 11.3. The lowest BCUT2D eigenvalue weighted by molar-refractivity contribution is 0.0186. The summed E-state index contributed by atoms with van der Waals surface area (Å²) in [6.45, 7) is 11.6. The van der Waals surface area contributed by atoms with Gasteiger partial charge in [0.2, 0.25) is 0 Å². The van der Waals surface area contributed by atoms with Gasteiger partial charge in [-0.05, 0) is 32.5 Å². The monoisotopic (exact) mass is 408 g/mol. The molecule has 2 fully saturated rings. The Morgan fingerprint density at radius 2 is 2.07 bits per heavy atom. The number of hydrogen-bond acceptors (Lipinski definition) is 6. The third-order valence-corrected chi connectivity index (χ3v) is 6.58. The number of piperazine rings is 1. The minimum atomic E-state index is 0.322.